The number of allylic oxidation sites excluding steroid dienone is 2. The van der Waals surface area contributed by atoms with Gasteiger partial charge in [0.25, 0.3) is 0 Å². The Hall–Kier alpha value is -3.54. The molecule has 0 heterocycles. The lowest BCUT2D eigenvalue weighted by Crippen LogP contribution is -2.08. The third kappa shape index (κ3) is 6.24. The third-order valence-corrected chi connectivity index (χ3v) is 4.20. The topological polar surface area (TPSA) is 76.1 Å². The molecule has 0 unspecified atom stereocenters. The summed E-state index contributed by atoms with van der Waals surface area (Å²) in [4.78, 5) is 26.1. The van der Waals surface area contributed by atoms with Gasteiger partial charge in [0, 0.05) is 31.4 Å². The van der Waals surface area contributed by atoms with Gasteiger partial charge in [-0.2, -0.15) is 0 Å². The molecule has 0 saturated carbocycles. The first-order valence-corrected chi connectivity index (χ1v) is 8.98. The van der Waals surface area contributed by atoms with E-state index in [1.54, 1.807) is 31.4 Å². The number of ether oxygens (including phenoxy) is 2. The van der Waals surface area contributed by atoms with Crippen molar-refractivity contribution in [2.45, 2.75) is 6.42 Å². The predicted molar refractivity (Wildman–Crippen MR) is 115 cm³/mol. The van der Waals surface area contributed by atoms with Crippen LogP contribution < -0.4 is 14.4 Å². The monoisotopic (exact) mass is 395 g/mol. The second-order valence-electron chi connectivity index (χ2n) is 6.53. The summed E-state index contributed by atoms with van der Waals surface area (Å²) >= 11 is 0. The number of methoxy groups -OCH3 is 2. The van der Waals surface area contributed by atoms with Crippen molar-refractivity contribution in [3.05, 3.63) is 59.7 Å². The summed E-state index contributed by atoms with van der Waals surface area (Å²) in [6.07, 6.45) is 5.63. The number of hydrogen-bond acceptors (Lipinski definition) is 6. The second-order valence-corrected chi connectivity index (χ2v) is 6.53. The van der Waals surface area contributed by atoms with Gasteiger partial charge in [0.1, 0.15) is 5.75 Å². The highest BCUT2D eigenvalue weighted by Crippen LogP contribution is 2.27. The third-order valence-electron chi connectivity index (χ3n) is 4.20. The van der Waals surface area contributed by atoms with Crippen LogP contribution >= 0.6 is 0 Å². The van der Waals surface area contributed by atoms with Crippen molar-refractivity contribution in [2.75, 3.05) is 33.2 Å². The van der Waals surface area contributed by atoms with E-state index in [4.69, 9.17) is 9.47 Å². The minimum absolute atomic E-state index is 0.0182. The summed E-state index contributed by atoms with van der Waals surface area (Å²) in [6.45, 7) is 0. The Morgan fingerprint density at radius 2 is 1.59 bits per heavy atom. The van der Waals surface area contributed by atoms with Gasteiger partial charge in [0.15, 0.2) is 23.1 Å². The van der Waals surface area contributed by atoms with Crippen LogP contribution in [0.3, 0.4) is 0 Å². The summed E-state index contributed by atoms with van der Waals surface area (Å²) < 4.78 is 10.3. The maximum atomic E-state index is 12.1. The summed E-state index contributed by atoms with van der Waals surface area (Å²) in [6, 6.07) is 10.4. The molecule has 0 aliphatic rings. The van der Waals surface area contributed by atoms with Crippen LogP contribution in [-0.4, -0.2) is 45.0 Å². The van der Waals surface area contributed by atoms with Crippen LogP contribution in [0, 0.1) is 0 Å². The van der Waals surface area contributed by atoms with E-state index in [2.05, 4.69) is 0 Å². The predicted octanol–water partition coefficient (Wildman–Crippen LogP) is 3.73. The lowest BCUT2D eigenvalue weighted by molar-refractivity contribution is -0.121. The molecule has 29 heavy (non-hydrogen) atoms. The number of hydrogen-bond donors (Lipinski definition) is 1. The van der Waals surface area contributed by atoms with Crippen LogP contribution in [0.1, 0.15) is 17.5 Å². The number of anilines is 1. The number of phenols is 1. The highest BCUT2D eigenvalue weighted by atomic mass is 16.5. The standard InChI is InChI=1S/C23H25NO5/c1-24(2)18-9-7-17(23(14-18)29-4)8-11-20(26)15-19(25)10-5-16-6-12-22(28-3)21(27)13-16/h5-14,27H,15H2,1-4H3. The number of rotatable bonds is 9. The molecule has 0 atom stereocenters. The number of carbonyl (C=O) groups excluding carboxylic acids is 2. The van der Waals surface area contributed by atoms with E-state index in [-0.39, 0.29) is 23.7 Å². The van der Waals surface area contributed by atoms with E-state index in [1.807, 2.05) is 37.2 Å². The fraction of sp³-hybridized carbons (Fsp3) is 0.217. The lowest BCUT2D eigenvalue weighted by atomic mass is 10.1. The Balaban J connectivity index is 1.99. The fourth-order valence-corrected chi connectivity index (χ4v) is 2.59. The first-order chi connectivity index (χ1) is 13.8. The van der Waals surface area contributed by atoms with E-state index in [9.17, 15) is 14.7 Å². The first-order valence-electron chi connectivity index (χ1n) is 8.98. The van der Waals surface area contributed by atoms with Gasteiger partial charge in [-0.05, 0) is 48.1 Å². The molecule has 2 aromatic rings. The van der Waals surface area contributed by atoms with Crippen LogP contribution in [-0.2, 0) is 9.59 Å². The van der Waals surface area contributed by atoms with E-state index in [0.717, 1.165) is 11.3 Å². The van der Waals surface area contributed by atoms with Crippen molar-refractivity contribution in [1.29, 1.82) is 0 Å². The molecule has 0 amide bonds. The van der Waals surface area contributed by atoms with Crippen LogP contribution in [0.15, 0.2) is 48.6 Å². The van der Waals surface area contributed by atoms with Crippen molar-refractivity contribution in [2.24, 2.45) is 0 Å². The lowest BCUT2D eigenvalue weighted by Gasteiger charge is -2.14. The Kier molecular flexibility index (Phi) is 7.60. The second kappa shape index (κ2) is 10.1. The van der Waals surface area contributed by atoms with Crippen LogP contribution in [0.2, 0.25) is 0 Å². The molecule has 6 heteroatoms. The normalized spacial score (nSPS) is 11.0. The summed E-state index contributed by atoms with van der Waals surface area (Å²) in [5.41, 5.74) is 2.36. The van der Waals surface area contributed by atoms with Gasteiger partial charge in [0.2, 0.25) is 0 Å². The van der Waals surface area contributed by atoms with Gasteiger partial charge in [-0.3, -0.25) is 9.59 Å². The van der Waals surface area contributed by atoms with Gasteiger partial charge >= 0.3 is 0 Å². The van der Waals surface area contributed by atoms with E-state index < -0.39 is 0 Å². The van der Waals surface area contributed by atoms with Crippen molar-refractivity contribution >= 4 is 29.4 Å². The fourth-order valence-electron chi connectivity index (χ4n) is 2.59. The molecule has 0 radical (unpaired) electrons. The quantitative estimate of drug-likeness (QED) is 0.515. The van der Waals surface area contributed by atoms with Crippen molar-refractivity contribution in [3.63, 3.8) is 0 Å². The van der Waals surface area contributed by atoms with Crippen molar-refractivity contribution in [3.8, 4) is 17.2 Å². The summed E-state index contributed by atoms with van der Waals surface area (Å²) in [5, 5.41) is 9.75. The Morgan fingerprint density at radius 1 is 0.931 bits per heavy atom. The molecule has 2 rings (SSSR count). The van der Waals surface area contributed by atoms with Crippen LogP contribution in [0.25, 0.3) is 12.2 Å². The number of phenolic OH excluding ortho intramolecular Hbond substituents is 1. The average molecular weight is 395 g/mol. The summed E-state index contributed by atoms with van der Waals surface area (Å²) in [7, 11) is 6.89. The minimum atomic E-state index is -0.329. The minimum Gasteiger partial charge on any atom is -0.504 e. The Labute approximate surface area is 170 Å². The summed E-state index contributed by atoms with van der Waals surface area (Å²) in [5.74, 6) is 0.338. The molecule has 0 aromatic heterocycles. The zero-order valence-electron chi connectivity index (χ0n) is 17.0. The van der Waals surface area contributed by atoms with Gasteiger partial charge in [-0.15, -0.1) is 0 Å². The zero-order chi connectivity index (χ0) is 21.4. The smallest absolute Gasteiger partial charge is 0.163 e. The molecule has 152 valence electrons. The number of benzene rings is 2. The van der Waals surface area contributed by atoms with Crippen LogP contribution in [0.5, 0.6) is 17.2 Å². The van der Waals surface area contributed by atoms with E-state index in [0.29, 0.717) is 17.1 Å². The molecule has 0 aliphatic carbocycles. The first kappa shape index (κ1) is 21.8. The Bertz CT molecular complexity index is 944. The molecule has 1 N–H and O–H groups in total. The number of nitrogens with zero attached hydrogens (tertiary/aromatic N) is 1. The SMILES string of the molecule is COc1ccc(C=CC(=O)CC(=O)C=Cc2ccc(N(C)C)cc2OC)cc1O. The molecule has 0 fully saturated rings. The molecule has 2 aromatic carbocycles. The Morgan fingerprint density at radius 3 is 2.17 bits per heavy atom. The largest absolute Gasteiger partial charge is 0.504 e. The average Bonchev–Trinajstić information content (AvgIpc) is 2.70. The molecule has 6 nitrogen and oxygen atoms in total. The molecule has 0 bridgehead atoms. The zero-order valence-corrected chi connectivity index (χ0v) is 17.0. The molecule has 0 spiro atoms. The van der Waals surface area contributed by atoms with E-state index >= 15 is 0 Å². The van der Waals surface area contributed by atoms with Gasteiger partial charge in [-0.1, -0.05) is 12.1 Å². The maximum Gasteiger partial charge on any atom is 0.163 e. The molecule has 0 saturated heterocycles. The van der Waals surface area contributed by atoms with Crippen molar-refractivity contribution < 1.29 is 24.2 Å². The number of carbonyl (C=O) groups is 2. The molecular weight excluding hydrogens is 370 g/mol. The van der Waals surface area contributed by atoms with E-state index in [1.165, 1.54) is 25.3 Å². The number of ketones is 2. The van der Waals surface area contributed by atoms with Crippen molar-refractivity contribution in [1.82, 2.24) is 0 Å². The highest BCUT2D eigenvalue weighted by molar-refractivity contribution is 6.11. The van der Waals surface area contributed by atoms with Gasteiger partial charge < -0.3 is 19.5 Å². The van der Waals surface area contributed by atoms with Gasteiger partial charge in [-0.25, -0.2) is 0 Å². The number of aromatic hydroxyl groups is 1. The van der Waals surface area contributed by atoms with Crippen LogP contribution in [0.4, 0.5) is 5.69 Å². The molecular formula is C23H25NO5. The molecule has 0 aliphatic heterocycles. The highest BCUT2D eigenvalue weighted by Gasteiger charge is 2.07. The van der Waals surface area contributed by atoms with Gasteiger partial charge in [0.05, 0.1) is 20.6 Å². The maximum absolute atomic E-state index is 12.1.